The molecular formula is C10H22N4O2. The highest BCUT2D eigenvalue weighted by molar-refractivity contribution is 5.77. The fourth-order valence-electron chi connectivity index (χ4n) is 1.76. The van der Waals surface area contributed by atoms with Crippen LogP contribution in [0.1, 0.15) is 6.92 Å². The number of amides is 1. The van der Waals surface area contributed by atoms with Crippen molar-refractivity contribution in [2.45, 2.75) is 6.92 Å². The number of nitrogens with zero attached hydrogens (tertiary/aromatic N) is 2. The largest absolute Gasteiger partial charge is 0.380 e. The molecule has 0 aromatic heterocycles. The molecule has 16 heavy (non-hydrogen) atoms. The average Bonchev–Trinajstić information content (AvgIpc) is 2.31. The number of hydrogen-bond acceptors (Lipinski definition) is 5. The van der Waals surface area contributed by atoms with Crippen molar-refractivity contribution < 1.29 is 9.53 Å². The smallest absolute Gasteiger partial charge is 0.248 e. The Morgan fingerprint density at radius 2 is 1.94 bits per heavy atom. The van der Waals surface area contributed by atoms with E-state index in [1.807, 2.05) is 6.92 Å². The van der Waals surface area contributed by atoms with Crippen molar-refractivity contribution in [1.29, 1.82) is 0 Å². The molecule has 1 aliphatic rings. The Morgan fingerprint density at radius 1 is 1.31 bits per heavy atom. The van der Waals surface area contributed by atoms with Gasteiger partial charge < -0.3 is 4.74 Å². The van der Waals surface area contributed by atoms with Crippen molar-refractivity contribution in [3.05, 3.63) is 0 Å². The first-order valence-electron chi connectivity index (χ1n) is 5.78. The van der Waals surface area contributed by atoms with E-state index in [1.165, 1.54) is 0 Å². The second-order valence-electron chi connectivity index (χ2n) is 3.88. The molecule has 1 aliphatic heterocycles. The van der Waals surface area contributed by atoms with Crippen molar-refractivity contribution in [1.82, 2.24) is 15.2 Å². The van der Waals surface area contributed by atoms with Crippen LogP contribution in [0.4, 0.5) is 0 Å². The van der Waals surface area contributed by atoms with Crippen LogP contribution in [0.2, 0.25) is 0 Å². The standard InChI is InChI=1S/C10H22N4O2/c1-2-16-8-7-13-3-5-14(6-4-13)9-10(15)12-11/h2-9,11H2,1H3,(H,12,15). The van der Waals surface area contributed by atoms with E-state index >= 15 is 0 Å². The summed E-state index contributed by atoms with van der Waals surface area (Å²) in [4.78, 5) is 15.5. The van der Waals surface area contributed by atoms with Crippen LogP contribution in [-0.4, -0.2) is 68.2 Å². The van der Waals surface area contributed by atoms with Gasteiger partial charge in [-0.1, -0.05) is 0 Å². The van der Waals surface area contributed by atoms with E-state index in [0.29, 0.717) is 6.54 Å². The Hall–Kier alpha value is -0.690. The minimum atomic E-state index is -0.122. The third-order valence-corrected chi connectivity index (χ3v) is 2.75. The van der Waals surface area contributed by atoms with Crippen molar-refractivity contribution in [2.75, 3.05) is 52.5 Å². The van der Waals surface area contributed by atoms with Gasteiger partial charge in [-0.3, -0.25) is 20.0 Å². The molecule has 94 valence electrons. The molecule has 1 rings (SSSR count). The molecule has 0 radical (unpaired) electrons. The lowest BCUT2D eigenvalue weighted by Gasteiger charge is -2.33. The zero-order chi connectivity index (χ0) is 11.8. The van der Waals surface area contributed by atoms with Crippen LogP contribution in [0.25, 0.3) is 0 Å². The van der Waals surface area contributed by atoms with Gasteiger partial charge in [0.05, 0.1) is 13.2 Å². The van der Waals surface area contributed by atoms with Gasteiger partial charge in [-0.2, -0.15) is 0 Å². The van der Waals surface area contributed by atoms with E-state index < -0.39 is 0 Å². The summed E-state index contributed by atoms with van der Waals surface area (Å²) in [5.74, 6) is 4.92. The Balaban J connectivity index is 2.11. The molecule has 0 saturated carbocycles. The van der Waals surface area contributed by atoms with E-state index in [-0.39, 0.29) is 5.91 Å². The maximum Gasteiger partial charge on any atom is 0.248 e. The third-order valence-electron chi connectivity index (χ3n) is 2.75. The lowest BCUT2D eigenvalue weighted by Crippen LogP contribution is -2.50. The summed E-state index contributed by atoms with van der Waals surface area (Å²) in [7, 11) is 0. The minimum absolute atomic E-state index is 0.122. The van der Waals surface area contributed by atoms with Crippen molar-refractivity contribution in [3.8, 4) is 0 Å². The van der Waals surface area contributed by atoms with Crippen LogP contribution in [0.3, 0.4) is 0 Å². The first-order chi connectivity index (χ1) is 7.76. The number of rotatable bonds is 6. The minimum Gasteiger partial charge on any atom is -0.380 e. The topological polar surface area (TPSA) is 70.8 Å². The zero-order valence-electron chi connectivity index (χ0n) is 9.95. The number of piperazine rings is 1. The number of carbonyl (C=O) groups excluding carboxylic acids is 1. The maximum absolute atomic E-state index is 11.1. The van der Waals surface area contributed by atoms with E-state index in [4.69, 9.17) is 10.6 Å². The Kier molecular flexibility index (Phi) is 6.32. The highest BCUT2D eigenvalue weighted by Crippen LogP contribution is 2.00. The van der Waals surface area contributed by atoms with Crippen LogP contribution in [0.15, 0.2) is 0 Å². The molecule has 1 fully saturated rings. The van der Waals surface area contributed by atoms with Crippen LogP contribution in [-0.2, 0) is 9.53 Å². The number of nitrogens with two attached hydrogens (primary N) is 1. The van der Waals surface area contributed by atoms with Gasteiger partial charge in [0.2, 0.25) is 5.91 Å². The zero-order valence-corrected chi connectivity index (χ0v) is 9.95. The SMILES string of the molecule is CCOCCN1CCN(CC(=O)NN)CC1. The molecule has 0 bridgehead atoms. The van der Waals surface area contributed by atoms with Gasteiger partial charge in [-0.15, -0.1) is 0 Å². The first-order valence-corrected chi connectivity index (χ1v) is 5.78. The lowest BCUT2D eigenvalue weighted by molar-refractivity contribution is -0.122. The summed E-state index contributed by atoms with van der Waals surface area (Å²) in [5.41, 5.74) is 2.15. The fraction of sp³-hybridized carbons (Fsp3) is 0.900. The highest BCUT2D eigenvalue weighted by Gasteiger charge is 2.17. The monoisotopic (exact) mass is 230 g/mol. The van der Waals surface area contributed by atoms with Gasteiger partial charge in [0, 0.05) is 39.3 Å². The molecule has 0 aliphatic carbocycles. The van der Waals surface area contributed by atoms with Gasteiger partial charge in [0.1, 0.15) is 0 Å². The first kappa shape index (κ1) is 13.4. The molecule has 6 nitrogen and oxygen atoms in total. The van der Waals surface area contributed by atoms with E-state index in [9.17, 15) is 4.79 Å². The summed E-state index contributed by atoms with van der Waals surface area (Å²) in [6, 6.07) is 0. The molecular weight excluding hydrogens is 208 g/mol. The molecule has 0 aromatic rings. The van der Waals surface area contributed by atoms with E-state index in [1.54, 1.807) is 0 Å². The lowest BCUT2D eigenvalue weighted by atomic mass is 10.3. The normalized spacial score (nSPS) is 18.6. The van der Waals surface area contributed by atoms with Crippen LogP contribution in [0.5, 0.6) is 0 Å². The maximum atomic E-state index is 11.1. The number of carbonyl (C=O) groups is 1. The number of nitrogens with one attached hydrogen (secondary N) is 1. The molecule has 1 saturated heterocycles. The summed E-state index contributed by atoms with van der Waals surface area (Å²) in [6.07, 6.45) is 0. The summed E-state index contributed by atoms with van der Waals surface area (Å²) in [5, 5.41) is 0. The van der Waals surface area contributed by atoms with Crippen LogP contribution < -0.4 is 11.3 Å². The van der Waals surface area contributed by atoms with Gasteiger partial charge in [-0.05, 0) is 6.92 Å². The molecule has 1 heterocycles. The van der Waals surface area contributed by atoms with E-state index in [2.05, 4.69) is 15.2 Å². The Bertz CT molecular complexity index is 205. The molecule has 6 heteroatoms. The second-order valence-corrected chi connectivity index (χ2v) is 3.88. The predicted octanol–water partition coefficient (Wildman–Crippen LogP) is -1.37. The van der Waals surface area contributed by atoms with E-state index in [0.717, 1.165) is 45.9 Å². The van der Waals surface area contributed by atoms with Crippen molar-refractivity contribution >= 4 is 5.91 Å². The van der Waals surface area contributed by atoms with Crippen LogP contribution in [0, 0.1) is 0 Å². The fourth-order valence-corrected chi connectivity index (χ4v) is 1.76. The average molecular weight is 230 g/mol. The highest BCUT2D eigenvalue weighted by atomic mass is 16.5. The number of hydrazine groups is 1. The van der Waals surface area contributed by atoms with Crippen molar-refractivity contribution in [3.63, 3.8) is 0 Å². The summed E-state index contributed by atoms with van der Waals surface area (Å²) in [6.45, 7) is 8.76. The molecule has 0 aromatic carbocycles. The third kappa shape index (κ3) is 4.89. The number of ether oxygens (including phenoxy) is 1. The number of hydrogen-bond donors (Lipinski definition) is 2. The van der Waals surface area contributed by atoms with Gasteiger partial charge in [-0.25, -0.2) is 5.84 Å². The Labute approximate surface area is 96.7 Å². The van der Waals surface area contributed by atoms with Gasteiger partial charge in [0.25, 0.3) is 0 Å². The summed E-state index contributed by atoms with van der Waals surface area (Å²) < 4.78 is 5.31. The summed E-state index contributed by atoms with van der Waals surface area (Å²) >= 11 is 0. The van der Waals surface area contributed by atoms with Gasteiger partial charge in [0.15, 0.2) is 0 Å². The molecule has 3 N–H and O–H groups in total. The second kappa shape index (κ2) is 7.56. The van der Waals surface area contributed by atoms with Crippen LogP contribution >= 0.6 is 0 Å². The Morgan fingerprint density at radius 3 is 2.50 bits per heavy atom. The molecule has 0 atom stereocenters. The van der Waals surface area contributed by atoms with Gasteiger partial charge >= 0.3 is 0 Å². The molecule has 1 amide bonds. The quantitative estimate of drug-likeness (QED) is 0.255. The predicted molar refractivity (Wildman–Crippen MR) is 61.7 cm³/mol. The molecule has 0 unspecified atom stereocenters. The van der Waals surface area contributed by atoms with Crippen molar-refractivity contribution in [2.24, 2.45) is 5.84 Å². The molecule has 0 spiro atoms.